The van der Waals surface area contributed by atoms with E-state index in [1.165, 1.54) is 6.33 Å². The number of hydrogen-bond donors (Lipinski definition) is 2. The molecule has 140 valence electrons. The highest BCUT2D eigenvalue weighted by atomic mass is 16.7. The first kappa shape index (κ1) is 16.6. The highest BCUT2D eigenvalue weighted by molar-refractivity contribution is 5.81. The molecule has 5 rings (SSSR count). The number of rotatable bonds is 5. The zero-order chi connectivity index (χ0) is 18.4. The van der Waals surface area contributed by atoms with Crippen LogP contribution in [0.5, 0.6) is 0 Å². The van der Waals surface area contributed by atoms with Gasteiger partial charge in [-0.3, -0.25) is 4.57 Å². The summed E-state index contributed by atoms with van der Waals surface area (Å²) in [6.07, 6.45) is 1.14. The second-order valence-corrected chi connectivity index (χ2v) is 6.77. The average Bonchev–Trinajstić information content (AvgIpc) is 3.16. The first-order valence-corrected chi connectivity index (χ1v) is 8.72. The predicted octanol–water partition coefficient (Wildman–Crippen LogP) is 0.437. The third kappa shape index (κ3) is 2.51. The van der Waals surface area contributed by atoms with Gasteiger partial charge in [0.15, 0.2) is 17.2 Å². The third-order valence-electron chi connectivity index (χ3n) is 5.12. The summed E-state index contributed by atoms with van der Waals surface area (Å²) in [4.78, 5) is 12.5. The molecule has 0 amide bonds. The number of ether oxygens (including phenoxy) is 3. The van der Waals surface area contributed by atoms with E-state index < -0.39 is 24.0 Å². The SMILES string of the molecule is Nc1ncnc2c1ncn2[C@@]12CO[C@@H]1[C@H](O)[C@@H](COCc1ccccc1)O2. The van der Waals surface area contributed by atoms with E-state index in [9.17, 15) is 5.11 Å². The Morgan fingerprint density at radius 3 is 2.89 bits per heavy atom. The fourth-order valence-corrected chi connectivity index (χ4v) is 3.71. The summed E-state index contributed by atoms with van der Waals surface area (Å²) in [5, 5.41) is 10.6. The fraction of sp³-hybridized carbons (Fsp3) is 0.389. The van der Waals surface area contributed by atoms with Crippen molar-refractivity contribution in [2.45, 2.75) is 30.6 Å². The van der Waals surface area contributed by atoms with Gasteiger partial charge in [-0.1, -0.05) is 30.3 Å². The standard InChI is InChI=1S/C18H19N5O4/c19-16-13-17(21-9-20-16)23(10-22-13)18-8-26-15(18)14(24)12(27-18)7-25-6-11-4-2-1-3-5-11/h1-5,9-10,12,14-15,24H,6-8H2,(H2,19,20,21)/t12-,14-,15-,18-/m1/s1. The lowest BCUT2D eigenvalue weighted by Gasteiger charge is -2.44. The minimum atomic E-state index is -0.865. The number of aliphatic hydroxyl groups excluding tert-OH is 1. The maximum atomic E-state index is 10.6. The van der Waals surface area contributed by atoms with E-state index in [0.717, 1.165) is 5.56 Å². The quantitative estimate of drug-likeness (QED) is 0.665. The van der Waals surface area contributed by atoms with Crippen LogP contribution in [0.25, 0.3) is 11.2 Å². The van der Waals surface area contributed by atoms with Gasteiger partial charge < -0.3 is 25.1 Å². The second-order valence-electron chi connectivity index (χ2n) is 6.77. The Kier molecular flexibility index (Phi) is 3.83. The van der Waals surface area contributed by atoms with Crippen LogP contribution in [0.1, 0.15) is 5.56 Å². The van der Waals surface area contributed by atoms with Crippen molar-refractivity contribution in [1.82, 2.24) is 19.5 Å². The molecule has 0 saturated carbocycles. The van der Waals surface area contributed by atoms with Gasteiger partial charge in [-0.05, 0) is 5.56 Å². The Balaban J connectivity index is 1.36. The van der Waals surface area contributed by atoms with Crippen molar-refractivity contribution in [3.05, 3.63) is 48.5 Å². The Hall–Kier alpha value is -2.59. The van der Waals surface area contributed by atoms with Crippen LogP contribution >= 0.6 is 0 Å². The summed E-state index contributed by atoms with van der Waals surface area (Å²) >= 11 is 0. The smallest absolute Gasteiger partial charge is 0.200 e. The topological polar surface area (TPSA) is 118 Å². The summed E-state index contributed by atoms with van der Waals surface area (Å²) in [6, 6.07) is 9.85. The second kappa shape index (κ2) is 6.24. The number of imidazole rings is 1. The predicted molar refractivity (Wildman–Crippen MR) is 94.4 cm³/mol. The zero-order valence-electron chi connectivity index (χ0n) is 14.4. The molecule has 2 aliphatic heterocycles. The van der Waals surface area contributed by atoms with Crippen LogP contribution in [-0.2, 0) is 26.5 Å². The van der Waals surface area contributed by atoms with Crippen LogP contribution in [0.3, 0.4) is 0 Å². The van der Waals surface area contributed by atoms with Crippen molar-refractivity contribution in [3.63, 3.8) is 0 Å². The van der Waals surface area contributed by atoms with E-state index in [1.54, 1.807) is 10.9 Å². The summed E-state index contributed by atoms with van der Waals surface area (Å²) in [7, 11) is 0. The van der Waals surface area contributed by atoms with Crippen molar-refractivity contribution in [2.75, 3.05) is 18.9 Å². The molecule has 0 unspecified atom stereocenters. The molecule has 9 heteroatoms. The van der Waals surface area contributed by atoms with Gasteiger partial charge in [0.05, 0.1) is 26.1 Å². The molecular weight excluding hydrogens is 350 g/mol. The van der Waals surface area contributed by atoms with Gasteiger partial charge in [-0.15, -0.1) is 0 Å². The van der Waals surface area contributed by atoms with Crippen molar-refractivity contribution < 1.29 is 19.3 Å². The Morgan fingerprint density at radius 2 is 2.11 bits per heavy atom. The molecule has 3 aromatic rings. The highest BCUT2D eigenvalue weighted by Crippen LogP contribution is 2.46. The zero-order valence-corrected chi connectivity index (χ0v) is 14.4. The summed E-state index contributed by atoms with van der Waals surface area (Å²) in [5.41, 5.74) is 7.12. The summed E-state index contributed by atoms with van der Waals surface area (Å²) in [6.45, 7) is 0.990. The molecule has 2 aromatic heterocycles. The van der Waals surface area contributed by atoms with Gasteiger partial charge in [-0.2, -0.15) is 0 Å². The molecule has 0 aliphatic carbocycles. The van der Waals surface area contributed by atoms with Gasteiger partial charge in [0, 0.05) is 0 Å². The third-order valence-corrected chi connectivity index (χ3v) is 5.12. The molecule has 2 saturated heterocycles. The van der Waals surface area contributed by atoms with E-state index in [0.29, 0.717) is 30.2 Å². The van der Waals surface area contributed by atoms with Crippen molar-refractivity contribution in [3.8, 4) is 0 Å². The largest absolute Gasteiger partial charge is 0.387 e. The molecule has 4 atom stereocenters. The number of nitrogens with zero attached hydrogens (tertiary/aromatic N) is 4. The molecular formula is C18H19N5O4. The lowest BCUT2D eigenvalue weighted by atomic mass is 9.98. The molecule has 27 heavy (non-hydrogen) atoms. The van der Waals surface area contributed by atoms with Crippen LogP contribution in [0.15, 0.2) is 43.0 Å². The van der Waals surface area contributed by atoms with Crippen LogP contribution in [0.4, 0.5) is 5.82 Å². The van der Waals surface area contributed by atoms with E-state index in [1.807, 2.05) is 30.3 Å². The first-order chi connectivity index (χ1) is 13.2. The number of nitrogen functional groups attached to an aromatic ring is 1. The lowest BCUT2D eigenvalue weighted by molar-refractivity contribution is -0.275. The lowest BCUT2D eigenvalue weighted by Crippen LogP contribution is -2.59. The van der Waals surface area contributed by atoms with Crippen molar-refractivity contribution in [1.29, 1.82) is 0 Å². The number of aromatic nitrogens is 4. The number of nitrogens with two attached hydrogens (primary N) is 1. The van der Waals surface area contributed by atoms with E-state index in [-0.39, 0.29) is 6.61 Å². The van der Waals surface area contributed by atoms with Crippen LogP contribution in [0, 0.1) is 0 Å². The van der Waals surface area contributed by atoms with E-state index in [2.05, 4.69) is 15.0 Å². The normalized spacial score (nSPS) is 29.6. The van der Waals surface area contributed by atoms with E-state index in [4.69, 9.17) is 19.9 Å². The fourth-order valence-electron chi connectivity index (χ4n) is 3.71. The Bertz CT molecular complexity index is 965. The van der Waals surface area contributed by atoms with Gasteiger partial charge in [0.1, 0.15) is 30.2 Å². The average molecular weight is 369 g/mol. The van der Waals surface area contributed by atoms with Crippen molar-refractivity contribution >= 4 is 17.0 Å². The number of anilines is 1. The molecule has 2 fully saturated rings. The Labute approximate surface area is 154 Å². The van der Waals surface area contributed by atoms with Gasteiger partial charge in [0.2, 0.25) is 0 Å². The minimum Gasteiger partial charge on any atom is -0.387 e. The summed E-state index contributed by atoms with van der Waals surface area (Å²) < 4.78 is 19.4. The first-order valence-electron chi connectivity index (χ1n) is 8.72. The van der Waals surface area contributed by atoms with Crippen LogP contribution < -0.4 is 5.73 Å². The minimum absolute atomic E-state index is 0.251. The maximum absolute atomic E-state index is 10.6. The molecule has 4 heterocycles. The number of fused-ring (bicyclic) bond motifs is 2. The van der Waals surface area contributed by atoms with Crippen molar-refractivity contribution in [2.24, 2.45) is 0 Å². The molecule has 3 N–H and O–H groups in total. The van der Waals surface area contributed by atoms with Gasteiger partial charge in [-0.25, -0.2) is 15.0 Å². The summed E-state index contributed by atoms with van der Waals surface area (Å²) in [5.74, 6) is 0.299. The Morgan fingerprint density at radius 1 is 1.26 bits per heavy atom. The number of hydrogen-bond acceptors (Lipinski definition) is 8. The molecule has 9 nitrogen and oxygen atoms in total. The van der Waals surface area contributed by atoms with E-state index >= 15 is 0 Å². The molecule has 0 radical (unpaired) electrons. The maximum Gasteiger partial charge on any atom is 0.200 e. The van der Waals surface area contributed by atoms with Gasteiger partial charge in [0.25, 0.3) is 0 Å². The van der Waals surface area contributed by atoms with Gasteiger partial charge >= 0.3 is 0 Å². The molecule has 2 aliphatic rings. The number of benzene rings is 1. The molecule has 0 bridgehead atoms. The highest BCUT2D eigenvalue weighted by Gasteiger charge is 2.64. The molecule has 0 spiro atoms. The molecule has 1 aromatic carbocycles. The monoisotopic (exact) mass is 369 g/mol. The van der Waals surface area contributed by atoms with Crippen LogP contribution in [0.2, 0.25) is 0 Å². The van der Waals surface area contributed by atoms with Crippen LogP contribution in [-0.4, -0.2) is 56.2 Å². The number of aliphatic hydroxyl groups is 1.